The summed E-state index contributed by atoms with van der Waals surface area (Å²) < 4.78 is 6.97. The van der Waals surface area contributed by atoms with Gasteiger partial charge in [-0.3, -0.25) is 14.3 Å². The molecule has 1 N–H and O–H groups in total. The van der Waals surface area contributed by atoms with Crippen molar-refractivity contribution in [2.75, 3.05) is 0 Å². The zero-order valence-corrected chi connectivity index (χ0v) is 8.73. The fraction of sp³-hybridized carbons (Fsp3) is 0. The highest BCUT2D eigenvalue weighted by Crippen LogP contribution is 2.22. The van der Waals surface area contributed by atoms with Gasteiger partial charge in [0.2, 0.25) is 5.82 Å². The lowest BCUT2D eigenvalue weighted by Crippen LogP contribution is -1.98. The maximum Gasteiger partial charge on any atom is 0.201 e. The van der Waals surface area contributed by atoms with Crippen molar-refractivity contribution in [3.8, 4) is 11.6 Å². The molecule has 0 atom stereocenters. The standard InChI is InChI=1S/C10H6ClN3O2/c11-8-2-1-7(16-8)10-13-12-9-5-6(15)3-4-14(9)10/h1-5,12H. The van der Waals surface area contributed by atoms with Gasteiger partial charge in [0.15, 0.2) is 16.4 Å². The molecule has 0 bridgehead atoms. The Labute approximate surface area is 94.3 Å². The molecule has 3 rings (SSSR count). The average Bonchev–Trinajstić information content (AvgIpc) is 2.83. The van der Waals surface area contributed by atoms with E-state index in [0.29, 0.717) is 22.5 Å². The smallest absolute Gasteiger partial charge is 0.201 e. The number of fused-ring (bicyclic) bond motifs is 1. The number of pyridine rings is 1. The number of nitrogens with one attached hydrogen (secondary N) is 1. The molecule has 6 heteroatoms. The van der Waals surface area contributed by atoms with Gasteiger partial charge in [0.25, 0.3) is 0 Å². The number of aromatic nitrogens is 3. The number of nitrogens with zero attached hydrogens (tertiary/aromatic N) is 2. The third kappa shape index (κ3) is 1.33. The molecule has 0 radical (unpaired) electrons. The van der Waals surface area contributed by atoms with Crippen LogP contribution in [0, 0.1) is 0 Å². The van der Waals surface area contributed by atoms with Gasteiger partial charge in [0.1, 0.15) is 5.65 Å². The Kier molecular flexibility index (Phi) is 1.87. The van der Waals surface area contributed by atoms with Crippen molar-refractivity contribution >= 4 is 17.2 Å². The van der Waals surface area contributed by atoms with Crippen LogP contribution in [-0.2, 0) is 0 Å². The van der Waals surface area contributed by atoms with Gasteiger partial charge in [0.05, 0.1) is 0 Å². The molecule has 0 aliphatic rings. The molecule has 5 nitrogen and oxygen atoms in total. The van der Waals surface area contributed by atoms with Crippen molar-refractivity contribution < 1.29 is 4.42 Å². The highest BCUT2D eigenvalue weighted by atomic mass is 35.5. The maximum atomic E-state index is 11.1. The molecular weight excluding hydrogens is 230 g/mol. The first-order chi connectivity index (χ1) is 7.74. The third-order valence-corrected chi connectivity index (χ3v) is 2.43. The minimum Gasteiger partial charge on any atom is -0.441 e. The van der Waals surface area contributed by atoms with E-state index in [1.165, 1.54) is 12.1 Å². The van der Waals surface area contributed by atoms with E-state index in [9.17, 15) is 4.79 Å². The number of rotatable bonds is 1. The minimum absolute atomic E-state index is 0.0762. The molecule has 0 saturated heterocycles. The molecule has 0 fully saturated rings. The Balaban J connectivity index is 2.29. The molecule has 80 valence electrons. The van der Waals surface area contributed by atoms with Gasteiger partial charge in [0, 0.05) is 18.3 Å². The molecule has 0 spiro atoms. The summed E-state index contributed by atoms with van der Waals surface area (Å²) in [6.07, 6.45) is 1.63. The summed E-state index contributed by atoms with van der Waals surface area (Å²) >= 11 is 5.69. The minimum atomic E-state index is -0.0762. The predicted molar refractivity (Wildman–Crippen MR) is 58.5 cm³/mol. The molecule has 3 aromatic rings. The number of hydrogen-bond acceptors (Lipinski definition) is 3. The Hall–Kier alpha value is -2.01. The van der Waals surface area contributed by atoms with Gasteiger partial charge in [-0.25, -0.2) is 0 Å². The van der Waals surface area contributed by atoms with Crippen LogP contribution in [0.3, 0.4) is 0 Å². The molecule has 0 amide bonds. The second-order valence-corrected chi connectivity index (χ2v) is 3.64. The summed E-state index contributed by atoms with van der Waals surface area (Å²) in [4.78, 5) is 11.1. The first-order valence-electron chi connectivity index (χ1n) is 4.56. The number of aromatic amines is 1. The Morgan fingerprint density at radius 1 is 1.38 bits per heavy atom. The summed E-state index contributed by atoms with van der Waals surface area (Å²) in [5.41, 5.74) is 0.530. The first-order valence-corrected chi connectivity index (χ1v) is 4.94. The second-order valence-electron chi connectivity index (χ2n) is 3.27. The number of hydrogen-bond donors (Lipinski definition) is 1. The largest absolute Gasteiger partial charge is 0.441 e. The van der Waals surface area contributed by atoms with E-state index in [2.05, 4.69) is 10.2 Å². The zero-order chi connectivity index (χ0) is 11.1. The Bertz CT molecular complexity index is 710. The van der Waals surface area contributed by atoms with E-state index in [4.69, 9.17) is 16.0 Å². The highest BCUT2D eigenvalue weighted by molar-refractivity contribution is 6.28. The van der Waals surface area contributed by atoms with Crippen LogP contribution < -0.4 is 5.43 Å². The third-order valence-electron chi connectivity index (χ3n) is 2.22. The number of H-pyrrole nitrogens is 1. The van der Waals surface area contributed by atoms with Crippen molar-refractivity contribution in [1.29, 1.82) is 0 Å². The van der Waals surface area contributed by atoms with Gasteiger partial charge in [-0.1, -0.05) is 0 Å². The van der Waals surface area contributed by atoms with Gasteiger partial charge >= 0.3 is 0 Å². The lowest BCUT2D eigenvalue weighted by atomic mass is 10.4. The van der Waals surface area contributed by atoms with E-state index < -0.39 is 0 Å². The first kappa shape index (κ1) is 9.23. The van der Waals surface area contributed by atoms with Gasteiger partial charge in [-0.15, -0.1) is 0 Å². The monoisotopic (exact) mass is 235 g/mol. The van der Waals surface area contributed by atoms with E-state index in [-0.39, 0.29) is 5.43 Å². The quantitative estimate of drug-likeness (QED) is 0.701. The SMILES string of the molecule is O=c1ccn2c(-c3ccc(Cl)o3)n[nH]c2c1. The van der Waals surface area contributed by atoms with Crippen LogP contribution in [0.4, 0.5) is 0 Å². The lowest BCUT2D eigenvalue weighted by Gasteiger charge is -1.94. The fourth-order valence-electron chi connectivity index (χ4n) is 1.52. The maximum absolute atomic E-state index is 11.1. The Morgan fingerprint density at radius 3 is 3.00 bits per heavy atom. The van der Waals surface area contributed by atoms with E-state index in [1.54, 1.807) is 22.7 Å². The number of furan rings is 1. The summed E-state index contributed by atoms with van der Waals surface area (Å²) in [5.74, 6) is 1.11. The van der Waals surface area contributed by atoms with Crippen LogP contribution in [-0.4, -0.2) is 14.6 Å². The molecule has 3 aromatic heterocycles. The van der Waals surface area contributed by atoms with Crippen LogP contribution >= 0.6 is 11.6 Å². The molecule has 0 saturated carbocycles. The second kappa shape index (κ2) is 3.24. The summed E-state index contributed by atoms with van der Waals surface area (Å²) in [6, 6.07) is 6.27. The van der Waals surface area contributed by atoms with Gasteiger partial charge in [-0.2, -0.15) is 5.10 Å². The van der Waals surface area contributed by atoms with Crippen LogP contribution in [0.1, 0.15) is 0 Å². The van der Waals surface area contributed by atoms with Gasteiger partial charge in [-0.05, 0) is 23.7 Å². The van der Waals surface area contributed by atoms with Crippen LogP contribution in [0.2, 0.25) is 5.22 Å². The van der Waals surface area contributed by atoms with Crippen molar-refractivity contribution in [2.24, 2.45) is 0 Å². The van der Waals surface area contributed by atoms with Crippen molar-refractivity contribution in [3.05, 3.63) is 45.9 Å². The fourth-order valence-corrected chi connectivity index (χ4v) is 1.67. The zero-order valence-electron chi connectivity index (χ0n) is 7.98. The summed E-state index contributed by atoms with van der Waals surface area (Å²) in [7, 11) is 0. The van der Waals surface area contributed by atoms with Crippen LogP contribution in [0.15, 0.2) is 39.7 Å². The van der Waals surface area contributed by atoms with E-state index >= 15 is 0 Å². The van der Waals surface area contributed by atoms with Crippen molar-refractivity contribution in [1.82, 2.24) is 14.6 Å². The summed E-state index contributed by atoms with van der Waals surface area (Å²) in [6.45, 7) is 0. The van der Waals surface area contributed by atoms with Crippen molar-refractivity contribution in [3.63, 3.8) is 0 Å². The lowest BCUT2D eigenvalue weighted by molar-refractivity contribution is 0.578. The normalized spacial score (nSPS) is 11.1. The molecular formula is C10H6ClN3O2. The van der Waals surface area contributed by atoms with Gasteiger partial charge < -0.3 is 4.42 Å². The molecule has 0 unspecified atom stereocenters. The molecule has 0 aromatic carbocycles. The topological polar surface area (TPSA) is 63.3 Å². The average molecular weight is 236 g/mol. The number of halogens is 1. The van der Waals surface area contributed by atoms with E-state index in [0.717, 1.165) is 0 Å². The van der Waals surface area contributed by atoms with Crippen LogP contribution in [0.5, 0.6) is 0 Å². The molecule has 3 heterocycles. The molecule has 16 heavy (non-hydrogen) atoms. The summed E-state index contributed by atoms with van der Waals surface area (Å²) in [5, 5.41) is 7.11. The molecule has 0 aliphatic heterocycles. The Morgan fingerprint density at radius 2 is 2.25 bits per heavy atom. The molecule has 0 aliphatic carbocycles. The van der Waals surface area contributed by atoms with Crippen LogP contribution in [0.25, 0.3) is 17.2 Å². The highest BCUT2D eigenvalue weighted by Gasteiger charge is 2.10. The van der Waals surface area contributed by atoms with E-state index in [1.807, 2.05) is 0 Å². The predicted octanol–water partition coefficient (Wildman–Crippen LogP) is 1.94. The van der Waals surface area contributed by atoms with Crippen molar-refractivity contribution in [2.45, 2.75) is 0 Å².